The quantitative estimate of drug-likeness (QED) is 0.543. The molecule has 0 saturated carbocycles. The van der Waals surface area contributed by atoms with Crippen LogP contribution in [0.3, 0.4) is 0 Å². The van der Waals surface area contributed by atoms with Crippen molar-refractivity contribution in [2.45, 2.75) is 36.3 Å². The molecule has 2 unspecified atom stereocenters. The molecule has 0 amide bonds. The summed E-state index contributed by atoms with van der Waals surface area (Å²) in [6.07, 6.45) is 0.659. The van der Waals surface area contributed by atoms with Crippen LogP contribution in [0, 0.1) is 0 Å². The number of aliphatic carboxylic acids is 1. The number of hydrogen-bond donors (Lipinski definition) is 4. The van der Waals surface area contributed by atoms with Crippen molar-refractivity contribution >= 4 is 21.7 Å². The van der Waals surface area contributed by atoms with Crippen molar-refractivity contribution in [1.29, 1.82) is 0 Å². The third-order valence-electron chi connectivity index (χ3n) is 3.93. The summed E-state index contributed by atoms with van der Waals surface area (Å²) < 4.78 is 26.6. The van der Waals surface area contributed by atoms with Crippen molar-refractivity contribution in [2.75, 3.05) is 25.0 Å². The fraction of sp³-hybridized carbons (Fsp3) is 0.533. The number of carbonyl (C=O) groups is 1. The van der Waals surface area contributed by atoms with E-state index in [0.29, 0.717) is 24.9 Å². The SMILES string of the molecule is O=C(O)C1CCCCN1S(=O)(=O)c1cccc(NCC(O)CO)c1. The lowest BCUT2D eigenvalue weighted by Crippen LogP contribution is -2.47. The molecule has 0 bridgehead atoms. The molecule has 134 valence electrons. The van der Waals surface area contributed by atoms with Crippen LogP contribution < -0.4 is 5.32 Å². The molecule has 2 atom stereocenters. The van der Waals surface area contributed by atoms with Crippen molar-refractivity contribution in [3.8, 4) is 0 Å². The highest BCUT2D eigenvalue weighted by atomic mass is 32.2. The highest BCUT2D eigenvalue weighted by Gasteiger charge is 2.37. The van der Waals surface area contributed by atoms with Gasteiger partial charge in [0.05, 0.1) is 17.6 Å². The summed E-state index contributed by atoms with van der Waals surface area (Å²) in [5.41, 5.74) is 0.465. The first kappa shape index (κ1) is 18.7. The van der Waals surface area contributed by atoms with Gasteiger partial charge in [-0.3, -0.25) is 4.79 Å². The Balaban J connectivity index is 2.23. The lowest BCUT2D eigenvalue weighted by atomic mass is 10.1. The molecule has 1 heterocycles. The highest BCUT2D eigenvalue weighted by Crippen LogP contribution is 2.26. The summed E-state index contributed by atoms with van der Waals surface area (Å²) >= 11 is 0. The number of anilines is 1. The maximum absolute atomic E-state index is 12.8. The molecule has 8 nitrogen and oxygen atoms in total. The van der Waals surface area contributed by atoms with E-state index in [1.54, 1.807) is 12.1 Å². The number of hydrogen-bond acceptors (Lipinski definition) is 6. The molecule has 2 rings (SSSR count). The molecular formula is C15H22N2O6S. The van der Waals surface area contributed by atoms with E-state index in [4.69, 9.17) is 5.11 Å². The molecule has 1 aliphatic heterocycles. The van der Waals surface area contributed by atoms with E-state index in [2.05, 4.69) is 5.32 Å². The number of carboxylic acids is 1. The lowest BCUT2D eigenvalue weighted by Gasteiger charge is -2.31. The first-order chi connectivity index (χ1) is 11.4. The second kappa shape index (κ2) is 7.93. The van der Waals surface area contributed by atoms with Crippen LogP contribution in [-0.4, -0.2) is 65.9 Å². The normalized spacial score (nSPS) is 20.5. The van der Waals surface area contributed by atoms with Crippen LogP contribution in [0.5, 0.6) is 0 Å². The van der Waals surface area contributed by atoms with E-state index in [1.165, 1.54) is 12.1 Å². The molecular weight excluding hydrogens is 336 g/mol. The molecule has 0 aromatic heterocycles. The summed E-state index contributed by atoms with van der Waals surface area (Å²) in [6.45, 7) is -0.152. The molecule has 1 aliphatic rings. The average Bonchev–Trinajstić information content (AvgIpc) is 2.59. The van der Waals surface area contributed by atoms with E-state index in [1.807, 2.05) is 0 Å². The van der Waals surface area contributed by atoms with Crippen LogP contribution in [0.1, 0.15) is 19.3 Å². The molecule has 1 saturated heterocycles. The van der Waals surface area contributed by atoms with Crippen molar-refractivity contribution in [3.63, 3.8) is 0 Å². The zero-order valence-corrected chi connectivity index (χ0v) is 13.9. The van der Waals surface area contributed by atoms with E-state index < -0.39 is 34.7 Å². The van der Waals surface area contributed by atoms with Gasteiger partial charge < -0.3 is 20.6 Å². The number of nitrogens with zero attached hydrogens (tertiary/aromatic N) is 1. The number of aliphatic hydroxyl groups excluding tert-OH is 2. The number of carboxylic acid groups (broad SMARTS) is 1. The van der Waals surface area contributed by atoms with E-state index in [9.17, 15) is 23.4 Å². The van der Waals surface area contributed by atoms with Crippen LogP contribution in [-0.2, 0) is 14.8 Å². The Morgan fingerprint density at radius 2 is 2.12 bits per heavy atom. The van der Waals surface area contributed by atoms with Crippen LogP contribution in [0.15, 0.2) is 29.2 Å². The molecule has 0 spiro atoms. The minimum absolute atomic E-state index is 0.000798. The van der Waals surface area contributed by atoms with Gasteiger partial charge in [-0.1, -0.05) is 6.07 Å². The highest BCUT2D eigenvalue weighted by molar-refractivity contribution is 7.89. The van der Waals surface area contributed by atoms with Crippen LogP contribution in [0.25, 0.3) is 0 Å². The molecule has 1 fully saturated rings. The smallest absolute Gasteiger partial charge is 0.322 e. The second-order valence-electron chi connectivity index (χ2n) is 5.71. The van der Waals surface area contributed by atoms with E-state index in [-0.39, 0.29) is 18.0 Å². The van der Waals surface area contributed by atoms with Crippen LogP contribution >= 0.6 is 0 Å². The third kappa shape index (κ3) is 4.23. The number of rotatable bonds is 7. The van der Waals surface area contributed by atoms with Gasteiger partial charge in [0.25, 0.3) is 0 Å². The first-order valence-electron chi connectivity index (χ1n) is 7.73. The molecule has 0 aliphatic carbocycles. The van der Waals surface area contributed by atoms with Crippen molar-refractivity contribution in [2.24, 2.45) is 0 Å². The van der Waals surface area contributed by atoms with Gasteiger partial charge in [0.1, 0.15) is 6.04 Å². The number of piperidine rings is 1. The fourth-order valence-electron chi connectivity index (χ4n) is 2.64. The van der Waals surface area contributed by atoms with Gasteiger partial charge in [-0.2, -0.15) is 4.31 Å². The largest absolute Gasteiger partial charge is 0.480 e. The Hall–Kier alpha value is -1.68. The molecule has 24 heavy (non-hydrogen) atoms. The van der Waals surface area contributed by atoms with Gasteiger partial charge in [-0.25, -0.2) is 8.42 Å². The number of aliphatic hydroxyl groups is 2. The van der Waals surface area contributed by atoms with Gasteiger partial charge in [0, 0.05) is 18.8 Å². The van der Waals surface area contributed by atoms with Gasteiger partial charge in [0.15, 0.2) is 0 Å². The Morgan fingerprint density at radius 1 is 1.38 bits per heavy atom. The standard InChI is InChI=1S/C15H22N2O6S/c18-10-12(19)9-16-11-4-3-5-13(8-11)24(22,23)17-7-2-1-6-14(17)15(20)21/h3-5,8,12,14,16,18-19H,1-2,6-7,9-10H2,(H,20,21). The second-order valence-corrected chi connectivity index (χ2v) is 7.60. The molecule has 1 aromatic rings. The predicted molar refractivity (Wildman–Crippen MR) is 87.2 cm³/mol. The van der Waals surface area contributed by atoms with Crippen molar-refractivity contribution < 1.29 is 28.5 Å². The van der Waals surface area contributed by atoms with Gasteiger partial charge in [-0.05, 0) is 37.5 Å². The lowest BCUT2D eigenvalue weighted by molar-refractivity contribution is -0.142. The molecule has 9 heteroatoms. The predicted octanol–water partition coefficient (Wildman–Crippen LogP) is 0.0795. The summed E-state index contributed by atoms with van der Waals surface area (Å²) in [5, 5.41) is 30.3. The first-order valence-corrected chi connectivity index (χ1v) is 9.18. The summed E-state index contributed by atoms with van der Waals surface area (Å²) in [4.78, 5) is 11.3. The summed E-state index contributed by atoms with van der Waals surface area (Å²) in [5.74, 6) is -1.14. The third-order valence-corrected chi connectivity index (χ3v) is 5.84. The van der Waals surface area contributed by atoms with Crippen LogP contribution in [0.2, 0.25) is 0 Å². The Labute approximate surface area is 140 Å². The van der Waals surface area contributed by atoms with Crippen molar-refractivity contribution in [3.05, 3.63) is 24.3 Å². The molecule has 4 N–H and O–H groups in total. The van der Waals surface area contributed by atoms with Gasteiger partial charge >= 0.3 is 5.97 Å². The number of nitrogens with one attached hydrogen (secondary N) is 1. The van der Waals surface area contributed by atoms with Crippen LogP contribution in [0.4, 0.5) is 5.69 Å². The van der Waals surface area contributed by atoms with Crippen molar-refractivity contribution in [1.82, 2.24) is 4.31 Å². The summed E-state index contributed by atoms with van der Waals surface area (Å²) in [6, 6.07) is 4.94. The Morgan fingerprint density at radius 3 is 2.79 bits per heavy atom. The van der Waals surface area contributed by atoms with E-state index in [0.717, 1.165) is 4.31 Å². The molecule has 1 aromatic carbocycles. The Bertz CT molecular complexity index is 678. The average molecular weight is 358 g/mol. The maximum Gasteiger partial charge on any atom is 0.322 e. The maximum atomic E-state index is 12.8. The van der Waals surface area contributed by atoms with Gasteiger partial charge in [0.2, 0.25) is 10.0 Å². The molecule has 0 radical (unpaired) electrons. The summed E-state index contributed by atoms with van der Waals surface area (Å²) in [7, 11) is -3.92. The van der Waals surface area contributed by atoms with Gasteiger partial charge in [-0.15, -0.1) is 0 Å². The minimum atomic E-state index is -3.92. The minimum Gasteiger partial charge on any atom is -0.480 e. The number of benzene rings is 1. The Kier molecular flexibility index (Phi) is 6.16. The fourth-order valence-corrected chi connectivity index (χ4v) is 4.34. The topological polar surface area (TPSA) is 127 Å². The van der Waals surface area contributed by atoms with E-state index >= 15 is 0 Å². The zero-order chi connectivity index (χ0) is 17.7. The monoisotopic (exact) mass is 358 g/mol. The number of sulfonamides is 1. The zero-order valence-electron chi connectivity index (χ0n) is 13.1.